The molecule has 3 aromatic rings. The van der Waals surface area contributed by atoms with Crippen LogP contribution in [0.25, 0.3) is 0 Å². The summed E-state index contributed by atoms with van der Waals surface area (Å²) in [6.07, 6.45) is 6.40. The number of benzene rings is 1. The fraction of sp³-hybridized carbons (Fsp3) is 0.308. The van der Waals surface area contributed by atoms with Crippen molar-refractivity contribution in [1.82, 2.24) is 9.97 Å². The van der Waals surface area contributed by atoms with E-state index in [1.165, 1.54) is 6.07 Å². The first-order chi connectivity index (χ1) is 17.2. The van der Waals surface area contributed by atoms with E-state index in [1.807, 2.05) is 19.1 Å². The van der Waals surface area contributed by atoms with E-state index in [0.717, 1.165) is 24.7 Å². The summed E-state index contributed by atoms with van der Waals surface area (Å²) in [7, 11) is -1.92. The Bertz CT molecular complexity index is 1520. The molecule has 9 nitrogen and oxygen atoms in total. The van der Waals surface area contributed by atoms with E-state index in [9.17, 15) is 18.0 Å². The third-order valence-electron chi connectivity index (χ3n) is 7.18. The molecule has 1 aromatic carbocycles. The van der Waals surface area contributed by atoms with E-state index in [1.54, 1.807) is 53.5 Å². The molecule has 0 bridgehead atoms. The molecule has 2 unspecified atom stereocenters. The van der Waals surface area contributed by atoms with E-state index in [2.05, 4.69) is 9.88 Å². The SMILES string of the molecule is CC1C(=O)N(C)c2ccc(N3C(=O)c4c(cccc4S(C)(=O)=O)C3c3cccnc3)nc2N1C1CC1. The Morgan fingerprint density at radius 1 is 1.03 bits per heavy atom. The van der Waals surface area contributed by atoms with Gasteiger partial charge in [0, 0.05) is 31.7 Å². The smallest absolute Gasteiger partial charge is 0.261 e. The fourth-order valence-corrected chi connectivity index (χ4v) is 6.26. The standard InChI is InChI=1S/C26H25N5O4S/c1-15-25(32)29(2)19-11-12-21(28-24(19)30(15)17-9-10-17)31-23(16-6-5-13-27-14-16)18-7-4-8-20(36(3,34)35)22(18)26(31)33/h4-8,11-15,17,23H,9-10H2,1-3H3. The Morgan fingerprint density at radius 3 is 2.47 bits per heavy atom. The fourth-order valence-electron chi connectivity index (χ4n) is 5.35. The number of rotatable bonds is 4. The normalized spacial score (nSPS) is 21.6. The lowest BCUT2D eigenvalue weighted by Gasteiger charge is -2.40. The second kappa shape index (κ2) is 7.86. The van der Waals surface area contributed by atoms with Crippen molar-refractivity contribution in [3.8, 4) is 0 Å². The summed E-state index contributed by atoms with van der Waals surface area (Å²) in [4.78, 5) is 41.2. The lowest BCUT2D eigenvalue weighted by molar-refractivity contribution is -0.119. The highest BCUT2D eigenvalue weighted by Gasteiger charge is 2.45. The van der Waals surface area contributed by atoms with Gasteiger partial charge >= 0.3 is 0 Å². The highest BCUT2D eigenvalue weighted by Crippen LogP contribution is 2.46. The summed E-state index contributed by atoms with van der Waals surface area (Å²) in [6, 6.07) is 11.4. The summed E-state index contributed by atoms with van der Waals surface area (Å²) in [5.41, 5.74) is 2.19. The average molecular weight is 504 g/mol. The molecule has 3 aliphatic rings. The lowest BCUT2D eigenvalue weighted by Crippen LogP contribution is -2.52. The average Bonchev–Trinajstić information content (AvgIpc) is 3.65. The van der Waals surface area contributed by atoms with E-state index in [0.29, 0.717) is 22.9 Å². The molecule has 1 fully saturated rings. The van der Waals surface area contributed by atoms with Gasteiger partial charge in [0.15, 0.2) is 15.7 Å². The number of sulfone groups is 1. The Balaban J connectivity index is 1.55. The first-order valence-electron chi connectivity index (χ1n) is 11.8. The molecule has 10 heteroatoms. The minimum absolute atomic E-state index is 0.000338. The predicted octanol–water partition coefficient (Wildman–Crippen LogP) is 2.96. The highest BCUT2D eigenvalue weighted by atomic mass is 32.2. The van der Waals surface area contributed by atoms with Gasteiger partial charge in [0.1, 0.15) is 11.9 Å². The number of hydrogen-bond donors (Lipinski definition) is 0. The largest absolute Gasteiger partial charge is 0.340 e. The first kappa shape index (κ1) is 22.7. The first-order valence-corrected chi connectivity index (χ1v) is 13.7. The molecule has 36 heavy (non-hydrogen) atoms. The van der Waals surface area contributed by atoms with Crippen molar-refractivity contribution in [2.45, 2.75) is 42.8 Å². The topological polar surface area (TPSA) is 104 Å². The van der Waals surface area contributed by atoms with E-state index >= 15 is 0 Å². The Kier molecular flexibility index (Phi) is 4.95. The Morgan fingerprint density at radius 2 is 1.81 bits per heavy atom. The van der Waals surface area contributed by atoms with Crippen LogP contribution in [0.2, 0.25) is 0 Å². The summed E-state index contributed by atoms with van der Waals surface area (Å²) in [6.45, 7) is 1.88. The Hall–Kier alpha value is -3.79. The van der Waals surface area contributed by atoms with Crippen LogP contribution in [0.1, 0.15) is 47.3 Å². The van der Waals surface area contributed by atoms with Crippen LogP contribution in [0, 0.1) is 0 Å². The van der Waals surface area contributed by atoms with E-state index in [4.69, 9.17) is 4.98 Å². The number of anilines is 3. The van der Waals surface area contributed by atoms with Gasteiger partial charge < -0.3 is 9.80 Å². The molecule has 2 aliphatic heterocycles. The van der Waals surface area contributed by atoms with Crippen molar-refractivity contribution < 1.29 is 18.0 Å². The number of carbonyl (C=O) groups excluding carboxylic acids is 2. The van der Waals surface area contributed by atoms with Crippen LogP contribution in [0.5, 0.6) is 0 Å². The van der Waals surface area contributed by atoms with E-state index in [-0.39, 0.29) is 28.4 Å². The molecule has 0 spiro atoms. The maximum atomic E-state index is 13.9. The molecular formula is C26H25N5O4S. The van der Waals surface area contributed by atoms with Crippen LogP contribution >= 0.6 is 0 Å². The van der Waals surface area contributed by atoms with Gasteiger partial charge in [-0.15, -0.1) is 0 Å². The number of nitrogens with zero attached hydrogens (tertiary/aromatic N) is 5. The zero-order chi connectivity index (χ0) is 25.4. The maximum absolute atomic E-state index is 13.9. The van der Waals surface area contributed by atoms with Gasteiger partial charge in [-0.3, -0.25) is 19.5 Å². The van der Waals surface area contributed by atoms with Gasteiger partial charge in [-0.25, -0.2) is 13.4 Å². The molecule has 0 saturated heterocycles. The third-order valence-corrected chi connectivity index (χ3v) is 8.32. The monoisotopic (exact) mass is 503 g/mol. The van der Waals surface area contributed by atoms with Gasteiger partial charge in [0.05, 0.1) is 22.2 Å². The van der Waals surface area contributed by atoms with Crippen LogP contribution in [0.15, 0.2) is 59.8 Å². The van der Waals surface area contributed by atoms with Crippen LogP contribution < -0.4 is 14.7 Å². The Labute approximate surface area is 209 Å². The number of hydrogen-bond acceptors (Lipinski definition) is 7. The third kappa shape index (κ3) is 3.31. The van der Waals surface area contributed by atoms with Crippen LogP contribution in [0.4, 0.5) is 17.3 Å². The van der Waals surface area contributed by atoms with Crippen molar-refractivity contribution in [2.75, 3.05) is 28.0 Å². The van der Waals surface area contributed by atoms with Crippen molar-refractivity contribution in [3.05, 3.63) is 71.5 Å². The molecule has 2 aromatic heterocycles. The number of pyridine rings is 2. The van der Waals surface area contributed by atoms with Gasteiger partial charge in [0.25, 0.3) is 5.91 Å². The van der Waals surface area contributed by atoms with Crippen LogP contribution in [0.3, 0.4) is 0 Å². The molecule has 2 amide bonds. The quantitative estimate of drug-likeness (QED) is 0.539. The second-order valence-electron chi connectivity index (χ2n) is 9.58. The molecule has 2 atom stereocenters. The lowest BCUT2D eigenvalue weighted by atomic mass is 9.99. The molecule has 1 aliphatic carbocycles. The minimum atomic E-state index is -3.65. The number of carbonyl (C=O) groups is 2. The van der Waals surface area contributed by atoms with Gasteiger partial charge in [-0.2, -0.15) is 0 Å². The summed E-state index contributed by atoms with van der Waals surface area (Å²) in [5, 5.41) is 0. The molecule has 0 N–H and O–H groups in total. The number of likely N-dealkylation sites (N-methyl/N-ethyl adjacent to an activating group) is 1. The van der Waals surface area contributed by atoms with Crippen molar-refractivity contribution in [3.63, 3.8) is 0 Å². The molecule has 1 saturated carbocycles. The summed E-state index contributed by atoms with van der Waals surface area (Å²) < 4.78 is 25.2. The maximum Gasteiger partial charge on any atom is 0.261 e. The van der Waals surface area contributed by atoms with Crippen molar-refractivity contribution in [1.29, 1.82) is 0 Å². The second-order valence-corrected chi connectivity index (χ2v) is 11.6. The molecule has 6 rings (SSSR count). The molecule has 4 heterocycles. The summed E-state index contributed by atoms with van der Waals surface area (Å²) in [5.74, 6) is 0.615. The number of amides is 2. The molecule has 184 valence electrons. The number of fused-ring (bicyclic) bond motifs is 2. The minimum Gasteiger partial charge on any atom is -0.340 e. The van der Waals surface area contributed by atoms with Crippen LogP contribution in [-0.2, 0) is 14.6 Å². The van der Waals surface area contributed by atoms with Gasteiger partial charge in [0.2, 0.25) is 5.91 Å². The van der Waals surface area contributed by atoms with E-state index < -0.39 is 21.8 Å². The molecule has 0 radical (unpaired) electrons. The predicted molar refractivity (Wildman–Crippen MR) is 135 cm³/mol. The van der Waals surface area contributed by atoms with Crippen molar-refractivity contribution in [2.24, 2.45) is 0 Å². The van der Waals surface area contributed by atoms with Crippen molar-refractivity contribution >= 4 is 39.0 Å². The zero-order valence-corrected chi connectivity index (χ0v) is 20.9. The van der Waals surface area contributed by atoms with Gasteiger partial charge in [-0.05, 0) is 55.2 Å². The highest BCUT2D eigenvalue weighted by molar-refractivity contribution is 7.90. The van der Waals surface area contributed by atoms with Crippen LogP contribution in [-0.4, -0.2) is 55.6 Å². The molecular weight excluding hydrogens is 478 g/mol. The zero-order valence-electron chi connectivity index (χ0n) is 20.1. The summed E-state index contributed by atoms with van der Waals surface area (Å²) >= 11 is 0. The van der Waals surface area contributed by atoms with Gasteiger partial charge in [-0.1, -0.05) is 18.2 Å². The number of aromatic nitrogens is 2.